The van der Waals surface area contributed by atoms with Crippen molar-refractivity contribution in [3.63, 3.8) is 0 Å². The van der Waals surface area contributed by atoms with E-state index in [0.29, 0.717) is 0 Å². The summed E-state index contributed by atoms with van der Waals surface area (Å²) in [5.41, 5.74) is 12.9. The number of benzene rings is 2. The van der Waals surface area contributed by atoms with Crippen LogP contribution >= 0.6 is 26.3 Å². The molecule has 3 saturated carbocycles. The van der Waals surface area contributed by atoms with Crippen molar-refractivity contribution in [2.75, 3.05) is 22.9 Å². The number of anilines is 2. The number of aryl methyl sites for hydroxylation is 6. The van der Waals surface area contributed by atoms with Crippen molar-refractivity contribution in [3.05, 3.63) is 57.6 Å². The van der Waals surface area contributed by atoms with Crippen molar-refractivity contribution in [2.45, 2.75) is 155 Å². The van der Waals surface area contributed by atoms with Gasteiger partial charge in [-0.3, -0.25) is 0 Å². The summed E-state index contributed by atoms with van der Waals surface area (Å²) in [6.07, 6.45) is 20.8. The Morgan fingerprint density at radius 1 is 0.569 bits per heavy atom. The van der Waals surface area contributed by atoms with E-state index < -0.39 is 26.0 Å². The van der Waals surface area contributed by atoms with Crippen LogP contribution in [0.1, 0.15) is 130 Å². The van der Waals surface area contributed by atoms with Crippen molar-refractivity contribution in [1.82, 2.24) is 0 Å². The van der Waals surface area contributed by atoms with E-state index in [-0.39, 0.29) is 0 Å². The smallest absolute Gasteiger partial charge is 0.418 e. The first-order valence-corrected chi connectivity index (χ1v) is 27.5. The van der Waals surface area contributed by atoms with Gasteiger partial charge in [0.15, 0.2) is 0 Å². The van der Waals surface area contributed by atoms with Crippen LogP contribution < -0.4 is 9.80 Å². The molecular formula is C40H59BCl2F4N2PRu-5. The van der Waals surface area contributed by atoms with Crippen LogP contribution in [0.2, 0.25) is 0 Å². The maximum atomic E-state index is 9.75. The van der Waals surface area contributed by atoms with Gasteiger partial charge in [-0.25, -0.2) is 0 Å². The molecule has 0 unspecified atom stereocenters. The molecule has 2 aromatic carbocycles. The van der Waals surface area contributed by atoms with Gasteiger partial charge in [-0.1, -0.05) is 0 Å². The fourth-order valence-electron chi connectivity index (χ4n) is 10.2. The summed E-state index contributed by atoms with van der Waals surface area (Å²) < 4.78 is 44.9. The summed E-state index contributed by atoms with van der Waals surface area (Å²) in [4.78, 5) is 5.17. The summed E-state index contributed by atoms with van der Waals surface area (Å²) in [6, 6.07) is 9.38. The molecule has 11 heteroatoms. The van der Waals surface area contributed by atoms with Gasteiger partial charge in [0.05, 0.1) is 0 Å². The van der Waals surface area contributed by atoms with E-state index in [1.807, 2.05) is 0 Å². The molecule has 1 aliphatic heterocycles. The Morgan fingerprint density at radius 3 is 1.12 bits per heavy atom. The molecule has 0 spiro atoms. The molecule has 0 bridgehead atoms. The molecule has 0 aromatic heterocycles. The molecule has 292 valence electrons. The summed E-state index contributed by atoms with van der Waals surface area (Å²) in [6.45, 7) is 13.7. The van der Waals surface area contributed by atoms with Crippen LogP contribution in [-0.2, 0) is 11.9 Å². The van der Waals surface area contributed by atoms with Gasteiger partial charge in [0, 0.05) is 0 Å². The normalized spacial score (nSPS) is 20.7. The zero-order valence-electron chi connectivity index (χ0n) is 31.6. The van der Waals surface area contributed by atoms with Gasteiger partial charge >= 0.3 is 300 Å². The molecule has 2 nitrogen and oxygen atoms in total. The quantitative estimate of drug-likeness (QED) is 0.168. The molecular weight excluding hydrogens is 798 g/mol. The van der Waals surface area contributed by atoms with E-state index in [1.165, 1.54) is 145 Å². The molecule has 0 radical (unpaired) electrons. The van der Waals surface area contributed by atoms with E-state index in [9.17, 15) is 17.3 Å². The molecule has 6 rings (SSSR count). The molecule has 4 aliphatic rings. The number of hydrogen-bond acceptors (Lipinski definition) is 2. The second-order valence-electron chi connectivity index (χ2n) is 15.7. The summed E-state index contributed by atoms with van der Waals surface area (Å²) >= 11 is -3.72. The van der Waals surface area contributed by atoms with E-state index in [4.69, 9.17) is 19.4 Å². The first-order chi connectivity index (χ1) is 24.0. The molecule has 0 amide bonds. The molecule has 0 atom stereocenters. The van der Waals surface area contributed by atoms with Gasteiger partial charge in [-0.2, -0.15) is 0 Å². The monoisotopic (exact) mass is 857 g/mol. The first kappa shape index (κ1) is 41.3. The van der Waals surface area contributed by atoms with Gasteiger partial charge in [0.1, 0.15) is 0 Å². The van der Waals surface area contributed by atoms with Gasteiger partial charge in [0.25, 0.3) is 0 Å². The van der Waals surface area contributed by atoms with Gasteiger partial charge in [0.2, 0.25) is 0 Å². The summed E-state index contributed by atoms with van der Waals surface area (Å²) in [5.74, 6) is 0. The van der Waals surface area contributed by atoms with Crippen LogP contribution in [0.25, 0.3) is 0 Å². The Hall–Kier alpha value is -0.892. The fourth-order valence-corrected chi connectivity index (χ4v) is 29.7. The van der Waals surface area contributed by atoms with Crippen molar-refractivity contribution in [1.29, 1.82) is 0 Å². The van der Waals surface area contributed by atoms with Crippen LogP contribution in [0.5, 0.6) is 0 Å². The minimum Gasteiger partial charge on any atom is -0.418 e. The Bertz CT molecular complexity index is 1570. The van der Waals surface area contributed by atoms with Crippen LogP contribution in [0, 0.1) is 41.5 Å². The third-order valence-electron chi connectivity index (χ3n) is 11.8. The zero-order chi connectivity index (χ0) is 37.1. The standard InChI is InChI=1S/C21H26N2.C19H33P.BF4.2ClH.Ru/c1-14-9-16(3)20(17(4)10-14)22-7-8-23(13-22)21-18(5)11-15(2)12-19(21)6;1-20(17-11-5-2-6-12-17,18-13-7-3-8-14-18)19-15-9-4-10-16-19;2-1(3,4)5;;;/h9-12H,7-8H2,1-6H3;17-19H,2-16H2;;2*1H;/q;;-1;;;-2/p-2. The minimum absolute atomic E-state index is 0.778. The maximum Gasteiger partial charge on any atom is 0.673 e. The molecule has 3 aliphatic carbocycles. The number of rotatable bonds is 5. The molecule has 1 saturated heterocycles. The van der Waals surface area contributed by atoms with Crippen LogP contribution in [0.15, 0.2) is 24.3 Å². The van der Waals surface area contributed by atoms with E-state index in [1.54, 1.807) is 0 Å². The average molecular weight is 858 g/mol. The average Bonchev–Trinajstić information content (AvgIpc) is 3.48. The number of halogens is 6. The Balaban J connectivity index is 0.000000943. The Kier molecular flexibility index (Phi) is 14.0. The first-order valence-electron chi connectivity index (χ1n) is 19.3. The summed E-state index contributed by atoms with van der Waals surface area (Å²) in [7, 11) is 10.6. The van der Waals surface area contributed by atoms with Crippen LogP contribution in [0.3, 0.4) is 0 Å². The third-order valence-corrected chi connectivity index (χ3v) is 26.3. The van der Waals surface area contributed by atoms with E-state index in [2.05, 4.69) is 79.6 Å². The van der Waals surface area contributed by atoms with Crippen molar-refractivity contribution in [2.24, 2.45) is 0 Å². The second-order valence-corrected chi connectivity index (χ2v) is 29.3. The topological polar surface area (TPSA) is 6.48 Å². The number of nitrogens with zero attached hydrogens (tertiary/aromatic N) is 2. The zero-order valence-corrected chi connectivity index (χ0v) is 35.7. The van der Waals surface area contributed by atoms with Gasteiger partial charge in [-0.15, -0.1) is 0 Å². The second kappa shape index (κ2) is 17.3. The number of hydrogen-bond donors (Lipinski definition) is 0. The largest absolute Gasteiger partial charge is 0.673 e. The molecule has 4 fully saturated rings. The fraction of sp³-hybridized carbons (Fsp3) is 0.650. The Morgan fingerprint density at radius 2 is 0.843 bits per heavy atom. The van der Waals surface area contributed by atoms with Crippen molar-refractivity contribution in [3.8, 4) is 0 Å². The SMILES string of the molecule is Cc1cc(C)c(N2CCN(c3c(C)cc(C)cc3C)[C]2=[Ru-4]([Cl])([Cl])=[C]=P(C2CCCCC2)(C2CCCCC2)C2CCCCC2)c(C)c1.F[B-](F)(F)F. The molecule has 1 heterocycles. The predicted molar refractivity (Wildman–Crippen MR) is 215 cm³/mol. The third kappa shape index (κ3) is 9.68. The Labute approximate surface area is 316 Å². The van der Waals surface area contributed by atoms with Crippen LogP contribution in [0.4, 0.5) is 28.6 Å². The van der Waals surface area contributed by atoms with Crippen molar-refractivity contribution >= 4 is 53.2 Å². The molecule has 2 aromatic rings. The maximum absolute atomic E-state index is 9.75. The minimum atomic E-state index is -6.00. The van der Waals surface area contributed by atoms with Crippen molar-refractivity contribution < 1.29 is 29.2 Å². The predicted octanol–water partition coefficient (Wildman–Crippen LogP) is 13.4. The molecule has 0 N–H and O–H groups in total. The molecule has 51 heavy (non-hydrogen) atoms. The van der Waals surface area contributed by atoms with Crippen LogP contribution in [-0.4, -0.2) is 45.7 Å². The van der Waals surface area contributed by atoms with E-state index >= 15 is 0 Å². The summed E-state index contributed by atoms with van der Waals surface area (Å²) in [5, 5.41) is 0. The van der Waals surface area contributed by atoms with Gasteiger partial charge < -0.3 is 17.3 Å². The van der Waals surface area contributed by atoms with E-state index in [0.717, 1.165) is 30.1 Å². The van der Waals surface area contributed by atoms with Gasteiger partial charge in [-0.05, 0) is 0 Å².